The minimum atomic E-state index is -0.0909. The molecular formula is C18H23Cl2N3O. The van der Waals surface area contributed by atoms with E-state index in [0.717, 1.165) is 18.4 Å². The zero-order chi connectivity index (χ0) is 15.4. The number of halogens is 2. The average Bonchev–Trinajstić information content (AvgIpc) is 3.06. The third-order valence-electron chi connectivity index (χ3n) is 4.17. The van der Waals surface area contributed by atoms with Crippen molar-refractivity contribution in [2.45, 2.75) is 31.5 Å². The number of nitrogens with zero attached hydrogens (tertiary/aromatic N) is 2. The van der Waals surface area contributed by atoms with Crippen LogP contribution in [0.5, 0.6) is 0 Å². The number of amides is 1. The summed E-state index contributed by atoms with van der Waals surface area (Å²) < 4.78 is 0. The second kappa shape index (κ2) is 9.62. The molecule has 0 unspecified atom stereocenters. The Morgan fingerprint density at radius 3 is 2.58 bits per heavy atom. The van der Waals surface area contributed by atoms with Crippen LogP contribution in [0.3, 0.4) is 0 Å². The number of rotatable bonds is 4. The largest absolute Gasteiger partial charge is 0.340 e. The lowest BCUT2D eigenvalue weighted by atomic mass is 10.1. The van der Waals surface area contributed by atoms with Gasteiger partial charge in [0.25, 0.3) is 0 Å². The van der Waals surface area contributed by atoms with Gasteiger partial charge in [-0.15, -0.1) is 24.8 Å². The second-order valence-corrected chi connectivity index (χ2v) is 5.82. The Balaban J connectivity index is 0.00000144. The lowest BCUT2D eigenvalue weighted by molar-refractivity contribution is -0.132. The molecule has 2 heterocycles. The molecule has 1 aromatic carbocycles. The van der Waals surface area contributed by atoms with Crippen LogP contribution in [-0.2, 0) is 11.3 Å². The van der Waals surface area contributed by atoms with E-state index in [1.807, 2.05) is 37.4 Å². The molecule has 130 valence electrons. The third-order valence-corrected chi connectivity index (χ3v) is 4.17. The summed E-state index contributed by atoms with van der Waals surface area (Å²) in [5, 5.41) is 3.47. The summed E-state index contributed by atoms with van der Waals surface area (Å²) in [5.41, 5.74) is 2.31. The van der Waals surface area contributed by atoms with Crippen LogP contribution in [0.1, 0.15) is 30.0 Å². The molecule has 1 aliphatic rings. The van der Waals surface area contributed by atoms with Crippen LogP contribution in [0.4, 0.5) is 0 Å². The molecule has 2 atom stereocenters. The van der Waals surface area contributed by atoms with E-state index >= 15 is 0 Å². The molecule has 24 heavy (non-hydrogen) atoms. The summed E-state index contributed by atoms with van der Waals surface area (Å²) in [4.78, 5) is 18.4. The van der Waals surface area contributed by atoms with Gasteiger partial charge in [0.05, 0.1) is 6.04 Å². The van der Waals surface area contributed by atoms with Crippen LogP contribution >= 0.6 is 24.8 Å². The molecule has 1 fully saturated rings. The van der Waals surface area contributed by atoms with Crippen molar-refractivity contribution in [2.75, 3.05) is 7.05 Å². The van der Waals surface area contributed by atoms with Crippen LogP contribution in [0.25, 0.3) is 0 Å². The molecule has 1 aliphatic heterocycles. The number of hydrogen-bond acceptors (Lipinski definition) is 3. The van der Waals surface area contributed by atoms with E-state index in [4.69, 9.17) is 0 Å². The maximum absolute atomic E-state index is 12.6. The van der Waals surface area contributed by atoms with Gasteiger partial charge in [-0.05, 0) is 30.0 Å². The molecule has 2 aromatic rings. The fourth-order valence-electron chi connectivity index (χ4n) is 3.00. The summed E-state index contributed by atoms with van der Waals surface area (Å²) >= 11 is 0. The topological polar surface area (TPSA) is 45.2 Å². The number of aromatic nitrogens is 1. The zero-order valence-electron chi connectivity index (χ0n) is 13.6. The molecule has 1 amide bonds. The Hall–Kier alpha value is -1.62. The second-order valence-electron chi connectivity index (χ2n) is 5.82. The van der Waals surface area contributed by atoms with Gasteiger partial charge in [0.2, 0.25) is 5.91 Å². The SMILES string of the molecule is CN(Cc1cccnc1)C(=O)[C@H]1CC[C@H](c2ccccc2)N1.Cl.Cl. The Morgan fingerprint density at radius 1 is 1.17 bits per heavy atom. The number of likely N-dealkylation sites (N-methyl/N-ethyl adjacent to an activating group) is 1. The van der Waals surface area contributed by atoms with Crippen LogP contribution in [0.15, 0.2) is 54.9 Å². The minimum absolute atomic E-state index is 0. The highest BCUT2D eigenvalue weighted by Crippen LogP contribution is 2.27. The molecule has 0 bridgehead atoms. The summed E-state index contributed by atoms with van der Waals surface area (Å²) in [6.07, 6.45) is 5.43. The average molecular weight is 368 g/mol. The summed E-state index contributed by atoms with van der Waals surface area (Å²) in [6.45, 7) is 0.598. The number of nitrogens with one attached hydrogen (secondary N) is 1. The van der Waals surface area contributed by atoms with Crippen molar-refractivity contribution >= 4 is 30.7 Å². The molecule has 0 spiro atoms. The van der Waals surface area contributed by atoms with Gasteiger partial charge in [-0.25, -0.2) is 0 Å². The molecule has 6 heteroatoms. The molecule has 1 aromatic heterocycles. The Kier molecular flexibility index (Phi) is 8.19. The first-order chi connectivity index (χ1) is 10.7. The van der Waals surface area contributed by atoms with Crippen LogP contribution in [0, 0.1) is 0 Å². The van der Waals surface area contributed by atoms with Gasteiger partial charge in [-0.1, -0.05) is 36.4 Å². The molecular weight excluding hydrogens is 345 g/mol. The van der Waals surface area contributed by atoms with Gasteiger partial charge in [0.15, 0.2) is 0 Å². The van der Waals surface area contributed by atoms with E-state index in [9.17, 15) is 4.79 Å². The maximum Gasteiger partial charge on any atom is 0.239 e. The monoisotopic (exact) mass is 367 g/mol. The minimum Gasteiger partial charge on any atom is -0.340 e. The number of pyridine rings is 1. The summed E-state index contributed by atoms with van der Waals surface area (Å²) in [5.74, 6) is 0.155. The summed E-state index contributed by atoms with van der Waals surface area (Å²) in [7, 11) is 1.85. The lowest BCUT2D eigenvalue weighted by Crippen LogP contribution is -2.41. The predicted octanol–water partition coefficient (Wildman–Crippen LogP) is 3.38. The van der Waals surface area contributed by atoms with Crippen LogP contribution in [-0.4, -0.2) is 28.9 Å². The third kappa shape index (κ3) is 4.94. The maximum atomic E-state index is 12.6. The van der Waals surface area contributed by atoms with Crippen molar-refractivity contribution in [3.05, 3.63) is 66.0 Å². The van der Waals surface area contributed by atoms with Gasteiger partial charge in [0.1, 0.15) is 0 Å². The van der Waals surface area contributed by atoms with E-state index in [1.165, 1.54) is 5.56 Å². The molecule has 0 saturated carbocycles. The highest BCUT2D eigenvalue weighted by atomic mass is 35.5. The quantitative estimate of drug-likeness (QED) is 0.900. The Labute approximate surface area is 155 Å². The van der Waals surface area contributed by atoms with Gasteiger partial charge in [-0.2, -0.15) is 0 Å². The van der Waals surface area contributed by atoms with Crippen molar-refractivity contribution in [3.8, 4) is 0 Å². The standard InChI is InChI=1S/C18H21N3O.2ClH/c1-21(13-14-6-5-11-19-12-14)18(22)17-10-9-16(20-17)15-7-3-2-4-8-15;;/h2-8,11-12,16-17,20H,9-10,13H2,1H3;2*1H/t16-,17-;;/m1../s1. The number of carbonyl (C=O) groups excluding carboxylic acids is 1. The van der Waals surface area contributed by atoms with Crippen molar-refractivity contribution in [3.63, 3.8) is 0 Å². The smallest absolute Gasteiger partial charge is 0.239 e. The zero-order valence-corrected chi connectivity index (χ0v) is 15.2. The predicted molar refractivity (Wildman–Crippen MR) is 101 cm³/mol. The van der Waals surface area contributed by atoms with E-state index in [2.05, 4.69) is 22.4 Å². The molecule has 1 N–H and O–H groups in total. The number of carbonyl (C=O) groups is 1. The van der Waals surface area contributed by atoms with Gasteiger partial charge >= 0.3 is 0 Å². The van der Waals surface area contributed by atoms with Crippen molar-refractivity contribution < 1.29 is 4.79 Å². The fourth-order valence-corrected chi connectivity index (χ4v) is 3.00. The Morgan fingerprint density at radius 2 is 1.92 bits per heavy atom. The van der Waals surface area contributed by atoms with E-state index in [-0.39, 0.29) is 42.8 Å². The first-order valence-corrected chi connectivity index (χ1v) is 7.69. The lowest BCUT2D eigenvalue weighted by Gasteiger charge is -2.22. The first-order valence-electron chi connectivity index (χ1n) is 7.69. The summed E-state index contributed by atoms with van der Waals surface area (Å²) in [6, 6.07) is 14.4. The van der Waals surface area contributed by atoms with Crippen molar-refractivity contribution in [2.24, 2.45) is 0 Å². The molecule has 0 radical (unpaired) electrons. The fraction of sp³-hybridized carbons (Fsp3) is 0.333. The van der Waals surface area contributed by atoms with Crippen LogP contribution in [0.2, 0.25) is 0 Å². The molecule has 0 aliphatic carbocycles. The highest BCUT2D eigenvalue weighted by Gasteiger charge is 2.31. The van der Waals surface area contributed by atoms with Crippen molar-refractivity contribution in [1.29, 1.82) is 0 Å². The molecule has 4 nitrogen and oxygen atoms in total. The van der Waals surface area contributed by atoms with E-state index < -0.39 is 0 Å². The van der Waals surface area contributed by atoms with Gasteiger partial charge in [-0.3, -0.25) is 15.1 Å². The van der Waals surface area contributed by atoms with Gasteiger partial charge < -0.3 is 4.90 Å². The number of hydrogen-bond donors (Lipinski definition) is 1. The molecule has 3 rings (SSSR count). The number of benzene rings is 1. The normalized spacial score (nSPS) is 19.0. The van der Waals surface area contributed by atoms with Crippen LogP contribution < -0.4 is 5.32 Å². The van der Waals surface area contributed by atoms with E-state index in [0.29, 0.717) is 6.54 Å². The molecule has 1 saturated heterocycles. The Bertz CT molecular complexity index is 625. The van der Waals surface area contributed by atoms with E-state index in [1.54, 1.807) is 17.3 Å². The van der Waals surface area contributed by atoms with Gasteiger partial charge in [0, 0.05) is 32.0 Å². The highest BCUT2D eigenvalue weighted by molar-refractivity contribution is 5.85. The van der Waals surface area contributed by atoms with Crippen molar-refractivity contribution in [1.82, 2.24) is 15.2 Å². The first kappa shape index (κ1) is 20.4.